The van der Waals surface area contributed by atoms with Crippen molar-refractivity contribution in [2.75, 3.05) is 0 Å². The number of benzene rings is 2. The molecule has 1 heterocycles. The van der Waals surface area contributed by atoms with Crippen molar-refractivity contribution in [1.82, 2.24) is 10.6 Å². The Kier molecular flexibility index (Phi) is 5.12. The van der Waals surface area contributed by atoms with E-state index in [0.29, 0.717) is 0 Å². The molecular weight excluding hydrogens is 411 g/mol. The first-order valence-corrected chi connectivity index (χ1v) is 8.40. The van der Waals surface area contributed by atoms with Crippen molar-refractivity contribution in [1.29, 1.82) is 0 Å². The molecule has 0 aliphatic carbocycles. The highest BCUT2D eigenvalue weighted by atomic mass is 19.4. The zero-order valence-corrected chi connectivity index (χ0v) is 14.9. The summed E-state index contributed by atoms with van der Waals surface area (Å²) in [5.74, 6) is -4.33. The first-order chi connectivity index (χ1) is 14.0. The van der Waals surface area contributed by atoms with Crippen molar-refractivity contribution >= 4 is 17.5 Å². The van der Waals surface area contributed by atoms with Gasteiger partial charge in [0.15, 0.2) is 5.78 Å². The van der Waals surface area contributed by atoms with Gasteiger partial charge in [0.25, 0.3) is 5.69 Å². The highest BCUT2D eigenvalue weighted by Gasteiger charge is 2.66. The standard InChI is InChI=1S/C18H14F3N3O6/c19-18(20,21)17(28)13(15(26)9-4-2-1-3-5-9)14(22-16(27)23-17)11-8-10(24(29)30)6-7-12(11)25/h1-8,13-14,25,28H,(H2,22,23,27)/t13-,14+,17-/m1/s1. The minimum Gasteiger partial charge on any atom is -0.508 e. The number of nitrogens with zero attached hydrogens (tertiary/aromatic N) is 1. The average molecular weight is 425 g/mol. The molecule has 1 fully saturated rings. The zero-order chi connectivity index (χ0) is 22.3. The number of hydrogen-bond donors (Lipinski definition) is 4. The summed E-state index contributed by atoms with van der Waals surface area (Å²) in [6, 6.07) is 5.75. The van der Waals surface area contributed by atoms with Gasteiger partial charge >= 0.3 is 12.2 Å². The molecule has 9 nitrogen and oxygen atoms in total. The fourth-order valence-electron chi connectivity index (χ4n) is 3.28. The Labute approximate surface area is 166 Å². The van der Waals surface area contributed by atoms with Crippen LogP contribution in [0.2, 0.25) is 0 Å². The lowest BCUT2D eigenvalue weighted by Gasteiger charge is -2.45. The third-order valence-electron chi connectivity index (χ3n) is 4.70. The van der Waals surface area contributed by atoms with E-state index in [4.69, 9.17) is 0 Å². The van der Waals surface area contributed by atoms with Crippen molar-refractivity contribution in [3.63, 3.8) is 0 Å². The van der Waals surface area contributed by atoms with E-state index in [1.54, 1.807) is 0 Å². The number of nitro groups is 1. The fourth-order valence-corrected chi connectivity index (χ4v) is 3.28. The molecule has 0 saturated carbocycles. The summed E-state index contributed by atoms with van der Waals surface area (Å²) in [6.45, 7) is 0. The maximum absolute atomic E-state index is 13.8. The van der Waals surface area contributed by atoms with Crippen molar-refractivity contribution in [2.24, 2.45) is 5.92 Å². The molecule has 0 aromatic heterocycles. The van der Waals surface area contributed by atoms with Crippen molar-refractivity contribution in [3.05, 3.63) is 69.8 Å². The Balaban J connectivity index is 2.23. The van der Waals surface area contributed by atoms with Crippen LogP contribution in [-0.2, 0) is 0 Å². The number of nitro benzene ring substituents is 1. The molecule has 0 spiro atoms. The Bertz CT molecular complexity index is 1010. The molecule has 1 aliphatic rings. The summed E-state index contributed by atoms with van der Waals surface area (Å²) in [5.41, 5.74) is -5.35. The number of phenols is 1. The van der Waals surface area contributed by atoms with E-state index in [9.17, 15) is 43.1 Å². The van der Waals surface area contributed by atoms with E-state index in [-0.39, 0.29) is 5.56 Å². The number of nitrogens with one attached hydrogen (secondary N) is 2. The lowest BCUT2D eigenvalue weighted by Crippen LogP contribution is -2.72. The number of hydrogen-bond acceptors (Lipinski definition) is 6. The van der Waals surface area contributed by atoms with Gasteiger partial charge in [-0.05, 0) is 6.07 Å². The van der Waals surface area contributed by atoms with Crippen LogP contribution in [0.15, 0.2) is 48.5 Å². The van der Waals surface area contributed by atoms with Crippen LogP contribution in [0.4, 0.5) is 23.7 Å². The predicted molar refractivity (Wildman–Crippen MR) is 94.4 cm³/mol. The molecule has 158 valence electrons. The number of halogens is 3. The predicted octanol–water partition coefficient (Wildman–Crippen LogP) is 2.40. The molecular formula is C18H14F3N3O6. The number of rotatable bonds is 4. The summed E-state index contributed by atoms with van der Waals surface area (Å²) in [4.78, 5) is 35.1. The van der Waals surface area contributed by atoms with E-state index in [0.717, 1.165) is 18.2 Å². The number of amides is 2. The van der Waals surface area contributed by atoms with Gasteiger partial charge in [-0.25, -0.2) is 4.79 Å². The smallest absolute Gasteiger partial charge is 0.437 e. The number of carbonyl (C=O) groups is 2. The maximum Gasteiger partial charge on any atom is 0.437 e. The third kappa shape index (κ3) is 3.52. The largest absolute Gasteiger partial charge is 0.508 e. The summed E-state index contributed by atoms with van der Waals surface area (Å²) in [7, 11) is 0. The number of phenolic OH excluding ortho intramolecular Hbond substituents is 1. The number of aliphatic hydroxyl groups is 1. The van der Waals surface area contributed by atoms with Gasteiger partial charge in [0.05, 0.1) is 11.0 Å². The molecule has 0 radical (unpaired) electrons. The van der Waals surface area contributed by atoms with Crippen LogP contribution in [0.5, 0.6) is 5.75 Å². The quantitative estimate of drug-likeness (QED) is 0.337. The van der Waals surface area contributed by atoms with Crippen LogP contribution < -0.4 is 10.6 Å². The second-order valence-corrected chi connectivity index (χ2v) is 6.55. The molecule has 2 aromatic rings. The van der Waals surface area contributed by atoms with Gasteiger partial charge in [-0.2, -0.15) is 13.2 Å². The molecule has 30 heavy (non-hydrogen) atoms. The topological polar surface area (TPSA) is 142 Å². The molecule has 1 saturated heterocycles. The van der Waals surface area contributed by atoms with Crippen molar-refractivity contribution < 1.29 is 37.9 Å². The molecule has 2 aromatic carbocycles. The molecule has 4 N–H and O–H groups in total. The second kappa shape index (κ2) is 7.30. The van der Waals surface area contributed by atoms with Gasteiger partial charge in [0.2, 0.25) is 5.72 Å². The van der Waals surface area contributed by atoms with Gasteiger partial charge in [0.1, 0.15) is 11.7 Å². The molecule has 3 atom stereocenters. The number of ketones is 1. The Hall–Kier alpha value is -3.67. The first-order valence-electron chi connectivity index (χ1n) is 8.40. The van der Waals surface area contributed by atoms with E-state index in [2.05, 4.69) is 5.32 Å². The van der Waals surface area contributed by atoms with Crippen LogP contribution in [0, 0.1) is 16.0 Å². The summed E-state index contributed by atoms with van der Waals surface area (Å²) >= 11 is 0. The number of Topliss-reactive ketones (excluding diaryl/α,β-unsaturated/α-hetero) is 1. The van der Waals surface area contributed by atoms with Crippen LogP contribution >= 0.6 is 0 Å². The maximum atomic E-state index is 13.8. The minimum atomic E-state index is -5.49. The summed E-state index contributed by atoms with van der Waals surface area (Å²) in [5, 5.41) is 35.0. The molecule has 3 rings (SSSR count). The molecule has 0 bridgehead atoms. The van der Waals surface area contributed by atoms with Gasteiger partial charge < -0.3 is 20.8 Å². The SMILES string of the molecule is O=C1N[C@@H](c2cc([N+](=O)[O-])ccc2O)[C@H](C(=O)c2ccccc2)[C@@](O)(C(F)(F)F)N1. The summed E-state index contributed by atoms with van der Waals surface area (Å²) < 4.78 is 41.4. The molecule has 2 amide bonds. The lowest BCUT2D eigenvalue weighted by molar-refractivity contribution is -0.385. The fraction of sp³-hybridized carbons (Fsp3) is 0.222. The minimum absolute atomic E-state index is 0.210. The van der Waals surface area contributed by atoms with Crippen LogP contribution in [-0.4, -0.2) is 38.9 Å². The number of carbonyl (C=O) groups excluding carboxylic acids is 2. The normalized spacial score (nSPS) is 23.9. The Morgan fingerprint density at radius 3 is 2.37 bits per heavy atom. The van der Waals surface area contributed by atoms with Crippen LogP contribution in [0.25, 0.3) is 0 Å². The van der Waals surface area contributed by atoms with Gasteiger partial charge in [0, 0.05) is 23.3 Å². The van der Waals surface area contributed by atoms with Gasteiger partial charge in [-0.3, -0.25) is 14.9 Å². The molecule has 0 unspecified atom stereocenters. The lowest BCUT2D eigenvalue weighted by atomic mass is 9.77. The Morgan fingerprint density at radius 1 is 1.17 bits per heavy atom. The van der Waals surface area contributed by atoms with Crippen LogP contribution in [0.3, 0.4) is 0 Å². The highest BCUT2D eigenvalue weighted by Crippen LogP contribution is 2.46. The highest BCUT2D eigenvalue weighted by molar-refractivity contribution is 6.00. The first kappa shape index (κ1) is 21.0. The van der Waals surface area contributed by atoms with E-state index >= 15 is 0 Å². The number of alkyl halides is 3. The molecule has 1 aliphatic heterocycles. The second-order valence-electron chi connectivity index (χ2n) is 6.55. The van der Waals surface area contributed by atoms with Crippen molar-refractivity contribution in [2.45, 2.75) is 17.9 Å². The number of urea groups is 1. The van der Waals surface area contributed by atoms with Gasteiger partial charge in [-0.15, -0.1) is 0 Å². The van der Waals surface area contributed by atoms with E-state index in [1.807, 2.05) is 0 Å². The molecule has 12 heteroatoms. The van der Waals surface area contributed by atoms with Crippen molar-refractivity contribution in [3.8, 4) is 5.75 Å². The third-order valence-corrected chi connectivity index (χ3v) is 4.70. The summed E-state index contributed by atoms with van der Waals surface area (Å²) in [6.07, 6.45) is -5.49. The monoisotopic (exact) mass is 425 g/mol. The average Bonchev–Trinajstić information content (AvgIpc) is 2.67. The van der Waals surface area contributed by atoms with Gasteiger partial charge in [-0.1, -0.05) is 30.3 Å². The van der Waals surface area contributed by atoms with Crippen LogP contribution in [0.1, 0.15) is 22.0 Å². The Morgan fingerprint density at radius 2 is 1.80 bits per heavy atom. The number of aromatic hydroxyl groups is 1. The van der Waals surface area contributed by atoms with E-state index < -0.39 is 57.6 Å². The zero-order valence-electron chi connectivity index (χ0n) is 14.9. The number of non-ortho nitro benzene ring substituents is 1. The van der Waals surface area contributed by atoms with E-state index in [1.165, 1.54) is 35.6 Å².